The van der Waals surface area contributed by atoms with Gasteiger partial charge in [0.15, 0.2) is 0 Å². The highest BCUT2D eigenvalue weighted by Gasteiger charge is 2.33. The zero-order chi connectivity index (χ0) is 24.9. The van der Waals surface area contributed by atoms with Crippen LogP contribution in [-0.2, 0) is 4.79 Å². The molecule has 4 aromatic carbocycles. The van der Waals surface area contributed by atoms with Gasteiger partial charge in [0.25, 0.3) is 5.91 Å². The molecule has 178 valence electrons. The predicted molar refractivity (Wildman–Crippen MR) is 140 cm³/mol. The molecule has 0 bridgehead atoms. The molecule has 0 aromatic heterocycles. The number of hydrogen-bond acceptors (Lipinski definition) is 4. The lowest BCUT2D eigenvalue weighted by Gasteiger charge is -2.28. The van der Waals surface area contributed by atoms with Crippen LogP contribution in [0, 0.1) is 17.1 Å². The second kappa shape index (κ2) is 10.4. The van der Waals surface area contributed by atoms with Crippen molar-refractivity contribution in [3.8, 4) is 6.07 Å². The van der Waals surface area contributed by atoms with Crippen LogP contribution >= 0.6 is 0 Å². The van der Waals surface area contributed by atoms with Crippen molar-refractivity contribution in [1.29, 1.82) is 5.26 Å². The summed E-state index contributed by atoms with van der Waals surface area (Å²) in [6.45, 7) is 0.393. The third-order valence-corrected chi connectivity index (χ3v) is 6.44. The van der Waals surface area contributed by atoms with E-state index < -0.39 is 0 Å². The van der Waals surface area contributed by atoms with Gasteiger partial charge in [-0.3, -0.25) is 4.79 Å². The number of hydrogen-bond donors (Lipinski definition) is 0. The Hall–Kier alpha value is -4.50. The minimum absolute atomic E-state index is 0.0329. The lowest BCUT2D eigenvalue weighted by molar-refractivity contribution is -0.131. The number of nitrogens with zero attached hydrogens (tertiary/aromatic N) is 4. The largest absolute Gasteiger partial charge is 0.361 e. The number of nitriles is 1. The van der Waals surface area contributed by atoms with Gasteiger partial charge in [0, 0.05) is 18.7 Å². The van der Waals surface area contributed by atoms with Gasteiger partial charge in [0.05, 0.1) is 30.8 Å². The second-order valence-electron chi connectivity index (χ2n) is 8.78. The molecule has 0 saturated heterocycles. The monoisotopic (exact) mass is 476 g/mol. The number of amides is 1. The molecule has 6 heteroatoms. The molecule has 1 atom stereocenters. The van der Waals surface area contributed by atoms with Crippen LogP contribution < -0.4 is 4.90 Å². The maximum absolute atomic E-state index is 13.7. The summed E-state index contributed by atoms with van der Waals surface area (Å²) in [6.07, 6.45) is 0.848. The van der Waals surface area contributed by atoms with Gasteiger partial charge in [-0.1, -0.05) is 66.7 Å². The van der Waals surface area contributed by atoms with Gasteiger partial charge >= 0.3 is 0 Å². The first kappa shape index (κ1) is 23.3. The quantitative estimate of drug-likeness (QED) is 0.325. The standard InChI is InChI=1S/C30H25FN4O/c31-26-13-15-27(16-14-26)34(18-6-17-32)21-30(36)35-29(23-8-2-1-3-9-23)20-28(33-35)25-12-11-22-7-4-5-10-24(22)19-25/h1-5,7-16,19,29H,6,18,20-21H2. The summed E-state index contributed by atoms with van der Waals surface area (Å²) in [5.41, 5.74) is 3.54. The fraction of sp³-hybridized carbons (Fsp3) is 0.167. The molecule has 0 radical (unpaired) electrons. The maximum atomic E-state index is 13.7. The Bertz CT molecular complexity index is 1440. The molecule has 36 heavy (non-hydrogen) atoms. The van der Waals surface area contributed by atoms with E-state index in [0.717, 1.165) is 27.6 Å². The van der Waals surface area contributed by atoms with E-state index in [2.05, 4.69) is 36.4 Å². The number of benzene rings is 4. The van der Waals surface area contributed by atoms with Crippen molar-refractivity contribution in [1.82, 2.24) is 5.01 Å². The third kappa shape index (κ3) is 4.96. The normalized spacial score (nSPS) is 14.9. The summed E-state index contributed by atoms with van der Waals surface area (Å²) in [6, 6.07) is 32.2. The molecular weight excluding hydrogens is 451 g/mol. The van der Waals surface area contributed by atoms with E-state index in [1.807, 2.05) is 42.5 Å². The molecular formula is C30H25FN4O. The first-order chi connectivity index (χ1) is 17.6. The third-order valence-electron chi connectivity index (χ3n) is 6.44. The molecule has 4 aromatic rings. The van der Waals surface area contributed by atoms with Crippen LogP contribution in [0.5, 0.6) is 0 Å². The Balaban J connectivity index is 1.46. The van der Waals surface area contributed by atoms with Crippen LogP contribution in [0.2, 0.25) is 0 Å². The molecule has 0 aliphatic carbocycles. The molecule has 0 fully saturated rings. The average Bonchev–Trinajstić information content (AvgIpc) is 3.37. The summed E-state index contributed by atoms with van der Waals surface area (Å²) in [7, 11) is 0. The second-order valence-corrected chi connectivity index (χ2v) is 8.78. The Morgan fingerprint density at radius 2 is 1.69 bits per heavy atom. The molecule has 1 aliphatic rings. The lowest BCUT2D eigenvalue weighted by Crippen LogP contribution is -2.38. The Labute approximate surface area is 209 Å². The molecule has 1 aliphatic heterocycles. The number of hydrazone groups is 1. The molecule has 1 heterocycles. The topological polar surface area (TPSA) is 59.7 Å². The summed E-state index contributed by atoms with van der Waals surface area (Å²) in [4.78, 5) is 15.5. The van der Waals surface area contributed by atoms with E-state index in [1.165, 1.54) is 12.1 Å². The SMILES string of the molecule is N#CCCN(CC(=O)N1N=C(c2ccc3ccccc3c2)CC1c1ccccc1)c1ccc(F)cc1. The molecule has 0 saturated carbocycles. The molecule has 1 amide bonds. The highest BCUT2D eigenvalue weighted by atomic mass is 19.1. The fourth-order valence-corrected chi connectivity index (χ4v) is 4.59. The van der Waals surface area contributed by atoms with Crippen LogP contribution in [0.1, 0.15) is 30.0 Å². The van der Waals surface area contributed by atoms with Crippen molar-refractivity contribution >= 4 is 28.1 Å². The summed E-state index contributed by atoms with van der Waals surface area (Å²) in [5, 5.41) is 17.8. The van der Waals surface area contributed by atoms with Crippen molar-refractivity contribution in [2.75, 3.05) is 18.0 Å². The number of carbonyl (C=O) groups is 1. The summed E-state index contributed by atoms with van der Waals surface area (Å²) < 4.78 is 13.5. The van der Waals surface area contributed by atoms with E-state index in [1.54, 1.807) is 22.0 Å². The van der Waals surface area contributed by atoms with Crippen molar-refractivity contribution in [3.63, 3.8) is 0 Å². The van der Waals surface area contributed by atoms with Gasteiger partial charge in [-0.05, 0) is 52.2 Å². The van der Waals surface area contributed by atoms with Gasteiger partial charge < -0.3 is 4.90 Å². The van der Waals surface area contributed by atoms with Crippen LogP contribution in [0.4, 0.5) is 10.1 Å². The van der Waals surface area contributed by atoms with Crippen LogP contribution in [0.3, 0.4) is 0 Å². The van der Waals surface area contributed by atoms with E-state index in [4.69, 9.17) is 10.4 Å². The first-order valence-corrected chi connectivity index (χ1v) is 11.9. The molecule has 5 nitrogen and oxygen atoms in total. The fourth-order valence-electron chi connectivity index (χ4n) is 4.59. The van der Waals surface area contributed by atoms with E-state index in [0.29, 0.717) is 18.7 Å². The van der Waals surface area contributed by atoms with Crippen LogP contribution in [0.25, 0.3) is 10.8 Å². The number of halogens is 1. The zero-order valence-electron chi connectivity index (χ0n) is 19.7. The van der Waals surface area contributed by atoms with Gasteiger partial charge in [0.2, 0.25) is 0 Å². The Morgan fingerprint density at radius 3 is 2.44 bits per heavy atom. The van der Waals surface area contributed by atoms with E-state index in [9.17, 15) is 9.18 Å². The highest BCUT2D eigenvalue weighted by Crippen LogP contribution is 2.33. The first-order valence-electron chi connectivity index (χ1n) is 11.9. The van der Waals surface area contributed by atoms with Crippen LogP contribution in [-0.4, -0.2) is 29.7 Å². The molecule has 1 unspecified atom stereocenters. The van der Waals surface area contributed by atoms with E-state index in [-0.39, 0.29) is 30.7 Å². The summed E-state index contributed by atoms with van der Waals surface area (Å²) >= 11 is 0. The van der Waals surface area contributed by atoms with Gasteiger partial charge in [-0.2, -0.15) is 10.4 Å². The Kier molecular flexibility index (Phi) is 6.72. The van der Waals surface area contributed by atoms with Gasteiger partial charge in [-0.25, -0.2) is 9.40 Å². The maximum Gasteiger partial charge on any atom is 0.262 e. The van der Waals surface area contributed by atoms with Crippen molar-refractivity contribution < 1.29 is 9.18 Å². The van der Waals surface area contributed by atoms with Gasteiger partial charge in [-0.15, -0.1) is 0 Å². The predicted octanol–water partition coefficient (Wildman–Crippen LogP) is 6.08. The number of rotatable bonds is 7. The average molecular weight is 477 g/mol. The van der Waals surface area contributed by atoms with Crippen molar-refractivity contribution in [3.05, 3.63) is 114 Å². The summed E-state index contributed by atoms with van der Waals surface area (Å²) in [5.74, 6) is -0.527. The zero-order valence-corrected chi connectivity index (χ0v) is 19.7. The minimum Gasteiger partial charge on any atom is -0.361 e. The van der Waals surface area contributed by atoms with Crippen LogP contribution in [0.15, 0.2) is 102 Å². The Morgan fingerprint density at radius 1 is 0.972 bits per heavy atom. The minimum atomic E-state index is -0.348. The van der Waals surface area contributed by atoms with Crippen molar-refractivity contribution in [2.45, 2.75) is 18.9 Å². The molecule has 5 rings (SSSR count). The van der Waals surface area contributed by atoms with Gasteiger partial charge in [0.1, 0.15) is 5.82 Å². The smallest absolute Gasteiger partial charge is 0.262 e. The number of fused-ring (bicyclic) bond motifs is 1. The van der Waals surface area contributed by atoms with E-state index >= 15 is 0 Å². The molecule has 0 spiro atoms. The lowest BCUT2D eigenvalue weighted by atomic mass is 9.97. The van der Waals surface area contributed by atoms with Crippen molar-refractivity contribution in [2.24, 2.45) is 5.10 Å². The molecule has 0 N–H and O–H groups in total. The number of carbonyl (C=O) groups excluding carboxylic acids is 1. The highest BCUT2D eigenvalue weighted by molar-refractivity contribution is 6.05. The number of anilines is 1.